The summed E-state index contributed by atoms with van der Waals surface area (Å²) in [6.45, 7) is 2.53. The lowest BCUT2D eigenvalue weighted by Crippen LogP contribution is -2.30. The smallest absolute Gasteiger partial charge is 0.260 e. The topological polar surface area (TPSA) is 46.1 Å². The van der Waals surface area contributed by atoms with Crippen LogP contribution in [0.3, 0.4) is 0 Å². The first-order chi connectivity index (χ1) is 13.6. The third kappa shape index (κ3) is 3.91. The zero-order chi connectivity index (χ0) is 19.5. The highest BCUT2D eigenvalue weighted by atomic mass is 35.5. The van der Waals surface area contributed by atoms with Crippen LogP contribution in [0.25, 0.3) is 10.2 Å². The van der Waals surface area contributed by atoms with Crippen LogP contribution in [0.1, 0.15) is 28.4 Å². The highest BCUT2D eigenvalue weighted by Crippen LogP contribution is 2.31. The number of carbonyl (C=O) groups excluding carboxylic acids is 1. The van der Waals surface area contributed by atoms with Crippen molar-refractivity contribution in [2.24, 2.45) is 0 Å². The summed E-state index contributed by atoms with van der Waals surface area (Å²) >= 11 is 7.51. The van der Waals surface area contributed by atoms with Crippen molar-refractivity contribution in [2.75, 3.05) is 4.90 Å². The van der Waals surface area contributed by atoms with E-state index in [1.165, 1.54) is 16.9 Å². The number of amides is 1. The average molecular weight is 408 g/mol. The Morgan fingerprint density at radius 3 is 2.64 bits per heavy atom. The van der Waals surface area contributed by atoms with Crippen LogP contribution in [-0.4, -0.2) is 15.9 Å². The van der Waals surface area contributed by atoms with Gasteiger partial charge < -0.3 is 0 Å². The molecule has 0 fully saturated rings. The molecule has 2 aromatic heterocycles. The van der Waals surface area contributed by atoms with Gasteiger partial charge in [-0.25, -0.2) is 4.98 Å². The van der Waals surface area contributed by atoms with Crippen molar-refractivity contribution >= 4 is 44.2 Å². The Hall–Kier alpha value is -2.76. The summed E-state index contributed by atoms with van der Waals surface area (Å²) in [5, 5.41) is 1.27. The lowest BCUT2D eigenvalue weighted by Gasteiger charge is -2.20. The Morgan fingerprint density at radius 1 is 1.11 bits per heavy atom. The number of carbonyl (C=O) groups is 1. The number of fused-ring (bicyclic) bond motifs is 1. The molecule has 6 heteroatoms. The van der Waals surface area contributed by atoms with Crippen molar-refractivity contribution in [3.8, 4) is 0 Å². The monoisotopic (exact) mass is 407 g/mol. The molecule has 0 aliphatic carbocycles. The molecule has 0 spiro atoms. The summed E-state index contributed by atoms with van der Waals surface area (Å²) < 4.78 is 1.08. The molecule has 0 atom stereocenters. The Morgan fingerprint density at radius 2 is 1.93 bits per heavy atom. The number of halogens is 1. The van der Waals surface area contributed by atoms with Crippen LogP contribution in [0.5, 0.6) is 0 Å². The minimum absolute atomic E-state index is 0.115. The molecule has 0 aliphatic rings. The predicted molar refractivity (Wildman–Crippen MR) is 115 cm³/mol. The number of nitrogens with zero attached hydrogens (tertiary/aromatic N) is 3. The van der Waals surface area contributed by atoms with E-state index in [1.54, 1.807) is 41.6 Å². The Bertz CT molecular complexity index is 1110. The van der Waals surface area contributed by atoms with Gasteiger partial charge in [0.05, 0.1) is 16.8 Å². The summed E-state index contributed by atoms with van der Waals surface area (Å²) in [6, 6.07) is 17.0. The maximum atomic E-state index is 13.3. The van der Waals surface area contributed by atoms with Crippen LogP contribution in [-0.2, 0) is 13.0 Å². The van der Waals surface area contributed by atoms with E-state index in [4.69, 9.17) is 16.6 Å². The number of aryl methyl sites for hydroxylation is 1. The molecular weight excluding hydrogens is 390 g/mol. The molecule has 0 unspecified atom stereocenters. The molecule has 2 aromatic carbocycles. The number of thiazole rings is 1. The number of anilines is 1. The largest absolute Gasteiger partial charge is 0.279 e. The van der Waals surface area contributed by atoms with Crippen LogP contribution < -0.4 is 4.90 Å². The van der Waals surface area contributed by atoms with Crippen molar-refractivity contribution in [3.05, 3.63) is 88.7 Å². The van der Waals surface area contributed by atoms with Crippen molar-refractivity contribution in [3.63, 3.8) is 0 Å². The van der Waals surface area contributed by atoms with Gasteiger partial charge in [0.1, 0.15) is 0 Å². The maximum Gasteiger partial charge on any atom is 0.260 e. The van der Waals surface area contributed by atoms with E-state index in [0.29, 0.717) is 22.3 Å². The molecule has 0 N–H and O–H groups in total. The fourth-order valence-electron chi connectivity index (χ4n) is 2.94. The fourth-order valence-corrected chi connectivity index (χ4v) is 4.09. The van der Waals surface area contributed by atoms with E-state index >= 15 is 0 Å². The second-order valence-corrected chi connectivity index (χ2v) is 7.86. The normalized spacial score (nSPS) is 10.9. The molecule has 1 amide bonds. The highest BCUT2D eigenvalue weighted by Gasteiger charge is 2.22. The maximum absolute atomic E-state index is 13.3. The number of aromatic nitrogens is 2. The Kier molecular flexibility index (Phi) is 5.37. The molecule has 28 heavy (non-hydrogen) atoms. The van der Waals surface area contributed by atoms with E-state index in [9.17, 15) is 4.79 Å². The predicted octanol–water partition coefficient (Wildman–Crippen LogP) is 5.75. The van der Waals surface area contributed by atoms with Gasteiger partial charge in [-0.2, -0.15) is 0 Å². The van der Waals surface area contributed by atoms with Crippen molar-refractivity contribution < 1.29 is 4.79 Å². The summed E-state index contributed by atoms with van der Waals surface area (Å²) in [5.74, 6) is -0.115. The number of hydrogen-bond donors (Lipinski definition) is 0. The van der Waals surface area contributed by atoms with E-state index < -0.39 is 0 Å². The van der Waals surface area contributed by atoms with Crippen LogP contribution in [0.4, 0.5) is 5.13 Å². The zero-order valence-electron chi connectivity index (χ0n) is 15.3. The lowest BCUT2D eigenvalue weighted by molar-refractivity contribution is 0.0985. The van der Waals surface area contributed by atoms with Crippen molar-refractivity contribution in [2.45, 2.75) is 19.9 Å². The molecular formula is C22H18ClN3OS. The molecule has 0 saturated heterocycles. The molecule has 0 bridgehead atoms. The number of pyridine rings is 1. The van der Waals surface area contributed by atoms with Gasteiger partial charge in [0, 0.05) is 23.0 Å². The first-order valence-corrected chi connectivity index (χ1v) is 10.2. The van der Waals surface area contributed by atoms with Gasteiger partial charge in [0.2, 0.25) is 0 Å². The van der Waals surface area contributed by atoms with Gasteiger partial charge in [-0.15, -0.1) is 0 Å². The SMILES string of the molecule is CCc1ccc2nc(N(Cc3cccnc3)C(=O)c3ccc(Cl)cc3)sc2c1. The third-order valence-corrected chi connectivity index (χ3v) is 5.77. The molecule has 0 saturated carbocycles. The second-order valence-electron chi connectivity index (χ2n) is 6.41. The molecule has 4 aromatic rings. The van der Waals surface area contributed by atoms with Gasteiger partial charge in [0.25, 0.3) is 5.91 Å². The summed E-state index contributed by atoms with van der Waals surface area (Å²) in [7, 11) is 0. The number of hydrogen-bond acceptors (Lipinski definition) is 4. The van der Waals surface area contributed by atoms with E-state index in [-0.39, 0.29) is 5.91 Å². The van der Waals surface area contributed by atoms with Gasteiger partial charge >= 0.3 is 0 Å². The second kappa shape index (κ2) is 8.09. The number of rotatable bonds is 5. The Labute approximate surface area is 172 Å². The minimum atomic E-state index is -0.115. The van der Waals surface area contributed by atoms with E-state index in [2.05, 4.69) is 24.0 Å². The minimum Gasteiger partial charge on any atom is -0.279 e. The van der Waals surface area contributed by atoms with E-state index in [1.807, 2.05) is 18.2 Å². The summed E-state index contributed by atoms with van der Waals surface area (Å²) in [6.07, 6.45) is 4.45. The van der Waals surface area contributed by atoms with E-state index in [0.717, 1.165) is 22.2 Å². The molecule has 4 nitrogen and oxygen atoms in total. The lowest BCUT2D eigenvalue weighted by atomic mass is 10.2. The Balaban J connectivity index is 1.75. The van der Waals surface area contributed by atoms with Gasteiger partial charge in [-0.1, -0.05) is 42.0 Å². The van der Waals surface area contributed by atoms with Crippen molar-refractivity contribution in [1.82, 2.24) is 9.97 Å². The molecule has 0 aliphatic heterocycles. The standard InChI is InChI=1S/C22H18ClN3OS/c1-2-15-5-10-19-20(12-15)28-22(25-19)26(14-16-4-3-11-24-13-16)21(27)17-6-8-18(23)9-7-17/h3-13H,2,14H2,1H3. The van der Waals surface area contributed by atoms with Gasteiger partial charge in [0.15, 0.2) is 5.13 Å². The molecule has 140 valence electrons. The highest BCUT2D eigenvalue weighted by molar-refractivity contribution is 7.22. The zero-order valence-corrected chi connectivity index (χ0v) is 16.9. The van der Waals surface area contributed by atoms with Crippen LogP contribution in [0, 0.1) is 0 Å². The average Bonchev–Trinajstić information content (AvgIpc) is 3.15. The quantitative estimate of drug-likeness (QED) is 0.423. The molecule has 2 heterocycles. The fraction of sp³-hybridized carbons (Fsp3) is 0.136. The molecule has 4 rings (SSSR count). The van der Waals surface area contributed by atoms with Crippen molar-refractivity contribution in [1.29, 1.82) is 0 Å². The van der Waals surface area contributed by atoms with Gasteiger partial charge in [-0.3, -0.25) is 14.7 Å². The summed E-state index contributed by atoms with van der Waals surface area (Å²) in [4.78, 5) is 23.9. The van der Waals surface area contributed by atoms with Crippen LogP contribution >= 0.6 is 22.9 Å². The van der Waals surface area contributed by atoms with Crippen LogP contribution in [0.2, 0.25) is 5.02 Å². The first-order valence-electron chi connectivity index (χ1n) is 9.00. The summed E-state index contributed by atoms with van der Waals surface area (Å²) in [5.41, 5.74) is 3.67. The number of benzene rings is 2. The van der Waals surface area contributed by atoms with Gasteiger partial charge in [-0.05, 0) is 60.0 Å². The first kappa shape index (κ1) is 18.6. The third-order valence-electron chi connectivity index (χ3n) is 4.48. The molecule has 0 radical (unpaired) electrons. The van der Waals surface area contributed by atoms with Crippen LogP contribution in [0.15, 0.2) is 67.0 Å².